The van der Waals surface area contributed by atoms with Crippen molar-refractivity contribution in [3.8, 4) is 5.75 Å². The molecule has 1 heterocycles. The number of halogens is 1. The van der Waals surface area contributed by atoms with Crippen LogP contribution >= 0.6 is 11.6 Å². The summed E-state index contributed by atoms with van der Waals surface area (Å²) in [7, 11) is 0. The molecule has 0 spiro atoms. The first kappa shape index (κ1) is 15.1. The molecule has 3 rings (SSSR count). The molecule has 4 nitrogen and oxygen atoms in total. The smallest absolute Gasteiger partial charge is 0.123 e. The molecule has 1 aliphatic heterocycles. The van der Waals surface area contributed by atoms with Gasteiger partial charge in [0, 0.05) is 42.7 Å². The molecule has 2 aliphatic rings. The molecule has 2 unspecified atom stereocenters. The molecule has 0 radical (unpaired) electrons. The molecule has 1 saturated heterocycles. The van der Waals surface area contributed by atoms with Gasteiger partial charge in [0.1, 0.15) is 5.75 Å². The van der Waals surface area contributed by atoms with Gasteiger partial charge < -0.3 is 20.5 Å². The Morgan fingerprint density at radius 3 is 2.90 bits per heavy atom. The third-order valence-electron chi connectivity index (χ3n) is 4.22. The number of hydrogen-bond acceptors (Lipinski definition) is 4. The van der Waals surface area contributed by atoms with E-state index in [-0.39, 0.29) is 12.0 Å². The quantitative estimate of drug-likeness (QED) is 0.719. The van der Waals surface area contributed by atoms with E-state index in [9.17, 15) is 5.11 Å². The minimum Gasteiger partial charge on any atom is -0.493 e. The zero-order chi connectivity index (χ0) is 14.7. The lowest BCUT2D eigenvalue weighted by atomic mass is 10.1. The zero-order valence-corrected chi connectivity index (χ0v) is 12.9. The first-order valence-corrected chi connectivity index (χ1v) is 8.11. The van der Waals surface area contributed by atoms with Gasteiger partial charge in [0.15, 0.2) is 0 Å². The summed E-state index contributed by atoms with van der Waals surface area (Å²) in [4.78, 5) is 0. The van der Waals surface area contributed by atoms with Crippen LogP contribution in [-0.4, -0.2) is 37.5 Å². The van der Waals surface area contributed by atoms with E-state index >= 15 is 0 Å². The molecule has 1 saturated carbocycles. The van der Waals surface area contributed by atoms with Crippen LogP contribution in [0, 0.1) is 11.8 Å². The summed E-state index contributed by atoms with van der Waals surface area (Å²) in [5.74, 6) is 1.94. The second-order valence-electron chi connectivity index (χ2n) is 6.12. The average Bonchev–Trinajstić information content (AvgIpc) is 3.21. The van der Waals surface area contributed by atoms with Crippen LogP contribution in [0.15, 0.2) is 18.2 Å². The van der Waals surface area contributed by atoms with E-state index in [1.807, 2.05) is 18.2 Å². The van der Waals surface area contributed by atoms with E-state index in [1.165, 1.54) is 12.8 Å². The molecule has 116 valence electrons. The predicted octanol–water partition coefficient (Wildman–Crippen LogP) is 1.80. The maximum atomic E-state index is 9.79. The van der Waals surface area contributed by atoms with Gasteiger partial charge in [-0.05, 0) is 37.0 Å². The van der Waals surface area contributed by atoms with Crippen molar-refractivity contribution in [2.24, 2.45) is 11.8 Å². The van der Waals surface area contributed by atoms with E-state index in [4.69, 9.17) is 16.3 Å². The van der Waals surface area contributed by atoms with Crippen LogP contribution in [-0.2, 0) is 6.54 Å². The van der Waals surface area contributed by atoms with Crippen molar-refractivity contribution in [1.29, 1.82) is 0 Å². The Morgan fingerprint density at radius 2 is 2.19 bits per heavy atom. The normalized spacial score (nSPS) is 25.2. The summed E-state index contributed by atoms with van der Waals surface area (Å²) in [6, 6.07) is 5.78. The Hall–Kier alpha value is -0.810. The standard InChI is InChI=1S/C16H23ClN2O2/c17-14-3-4-16(21-10-11-1-2-11)12(5-14)6-18-7-13-8-19-9-15(13)20/h3-5,11,13,15,18-20H,1-2,6-10H2. The van der Waals surface area contributed by atoms with Crippen molar-refractivity contribution in [2.75, 3.05) is 26.2 Å². The number of β-amino-alcohol motifs (C(OH)–C–C–N with tert-alkyl or cyclic N) is 1. The maximum Gasteiger partial charge on any atom is 0.123 e. The minimum absolute atomic E-state index is 0.248. The van der Waals surface area contributed by atoms with Crippen LogP contribution in [0.25, 0.3) is 0 Å². The Bertz CT molecular complexity index is 479. The van der Waals surface area contributed by atoms with Crippen LogP contribution < -0.4 is 15.4 Å². The third-order valence-corrected chi connectivity index (χ3v) is 4.46. The van der Waals surface area contributed by atoms with Crippen molar-refractivity contribution in [1.82, 2.24) is 10.6 Å². The van der Waals surface area contributed by atoms with Crippen LogP contribution in [0.4, 0.5) is 0 Å². The van der Waals surface area contributed by atoms with E-state index < -0.39 is 0 Å². The monoisotopic (exact) mass is 310 g/mol. The number of nitrogens with one attached hydrogen (secondary N) is 2. The summed E-state index contributed by atoms with van der Waals surface area (Å²) in [6.07, 6.45) is 2.32. The van der Waals surface area contributed by atoms with Crippen LogP contribution in [0.3, 0.4) is 0 Å². The summed E-state index contributed by atoms with van der Waals surface area (Å²) in [6.45, 7) is 3.88. The van der Waals surface area contributed by atoms with Crippen molar-refractivity contribution >= 4 is 11.6 Å². The second-order valence-corrected chi connectivity index (χ2v) is 6.56. The Labute approximate surface area is 130 Å². The lowest BCUT2D eigenvalue weighted by molar-refractivity contribution is 0.146. The van der Waals surface area contributed by atoms with Crippen LogP contribution in [0.1, 0.15) is 18.4 Å². The number of aliphatic hydroxyl groups is 1. The molecule has 1 aliphatic carbocycles. The third kappa shape index (κ3) is 4.33. The highest BCUT2D eigenvalue weighted by molar-refractivity contribution is 6.30. The number of aliphatic hydroxyl groups excluding tert-OH is 1. The number of rotatable bonds is 7. The predicted molar refractivity (Wildman–Crippen MR) is 83.7 cm³/mol. The number of benzene rings is 1. The van der Waals surface area contributed by atoms with Gasteiger partial charge in [0.2, 0.25) is 0 Å². The summed E-state index contributed by atoms with van der Waals surface area (Å²) >= 11 is 6.09. The van der Waals surface area contributed by atoms with E-state index in [0.717, 1.165) is 41.9 Å². The maximum absolute atomic E-state index is 9.79. The number of hydrogen-bond donors (Lipinski definition) is 3. The fraction of sp³-hybridized carbons (Fsp3) is 0.625. The van der Waals surface area contributed by atoms with Gasteiger partial charge in [0.05, 0.1) is 12.7 Å². The van der Waals surface area contributed by atoms with E-state index in [0.29, 0.717) is 13.1 Å². The largest absolute Gasteiger partial charge is 0.493 e. The van der Waals surface area contributed by atoms with Gasteiger partial charge in [0.25, 0.3) is 0 Å². The molecule has 5 heteroatoms. The molecule has 0 amide bonds. The highest BCUT2D eigenvalue weighted by Gasteiger charge is 2.24. The van der Waals surface area contributed by atoms with Gasteiger partial charge in [-0.15, -0.1) is 0 Å². The van der Waals surface area contributed by atoms with Crippen molar-refractivity contribution in [3.63, 3.8) is 0 Å². The molecule has 2 fully saturated rings. The summed E-state index contributed by atoms with van der Waals surface area (Å²) < 4.78 is 5.90. The van der Waals surface area contributed by atoms with Crippen molar-refractivity contribution in [2.45, 2.75) is 25.5 Å². The highest BCUT2D eigenvalue weighted by Crippen LogP contribution is 2.31. The van der Waals surface area contributed by atoms with Crippen molar-refractivity contribution in [3.05, 3.63) is 28.8 Å². The lowest BCUT2D eigenvalue weighted by Gasteiger charge is -2.16. The molecule has 3 N–H and O–H groups in total. The van der Waals surface area contributed by atoms with Gasteiger partial charge in [-0.25, -0.2) is 0 Å². The molecular formula is C16H23ClN2O2. The van der Waals surface area contributed by atoms with Crippen molar-refractivity contribution < 1.29 is 9.84 Å². The molecule has 0 aromatic heterocycles. The first-order valence-electron chi connectivity index (χ1n) is 7.73. The fourth-order valence-electron chi connectivity index (χ4n) is 2.64. The van der Waals surface area contributed by atoms with Gasteiger partial charge in [-0.2, -0.15) is 0 Å². The minimum atomic E-state index is -0.248. The Kier molecular flexibility index (Phi) is 5.01. The molecule has 21 heavy (non-hydrogen) atoms. The Morgan fingerprint density at radius 1 is 1.33 bits per heavy atom. The first-order chi connectivity index (χ1) is 10.2. The lowest BCUT2D eigenvalue weighted by Crippen LogP contribution is -2.30. The second kappa shape index (κ2) is 6.97. The highest BCUT2D eigenvalue weighted by atomic mass is 35.5. The van der Waals surface area contributed by atoms with Gasteiger partial charge >= 0.3 is 0 Å². The molecular weight excluding hydrogens is 288 g/mol. The zero-order valence-electron chi connectivity index (χ0n) is 12.1. The fourth-order valence-corrected chi connectivity index (χ4v) is 2.83. The van der Waals surface area contributed by atoms with Gasteiger partial charge in [-0.3, -0.25) is 0 Å². The van der Waals surface area contributed by atoms with E-state index in [2.05, 4.69) is 10.6 Å². The van der Waals surface area contributed by atoms with Crippen LogP contribution in [0.2, 0.25) is 5.02 Å². The summed E-state index contributed by atoms with van der Waals surface area (Å²) in [5, 5.41) is 17.1. The molecule has 1 aromatic rings. The van der Waals surface area contributed by atoms with Gasteiger partial charge in [-0.1, -0.05) is 11.6 Å². The van der Waals surface area contributed by atoms with Crippen LogP contribution in [0.5, 0.6) is 5.75 Å². The summed E-state index contributed by atoms with van der Waals surface area (Å²) in [5.41, 5.74) is 1.09. The van der Waals surface area contributed by atoms with E-state index in [1.54, 1.807) is 0 Å². The Balaban J connectivity index is 1.53. The molecule has 2 atom stereocenters. The topological polar surface area (TPSA) is 53.5 Å². The SMILES string of the molecule is OC1CNCC1CNCc1cc(Cl)ccc1OCC1CC1. The number of ether oxygens (including phenoxy) is 1. The average molecular weight is 311 g/mol. The molecule has 0 bridgehead atoms. The molecule has 1 aromatic carbocycles.